The van der Waals surface area contributed by atoms with E-state index < -0.39 is 0 Å². The molecule has 2 rings (SSSR count). The third-order valence-electron chi connectivity index (χ3n) is 2.58. The molecule has 0 radical (unpaired) electrons. The van der Waals surface area contributed by atoms with Crippen LogP contribution in [0.1, 0.15) is 12.8 Å². The Morgan fingerprint density at radius 2 is 2.11 bits per heavy atom. The van der Waals surface area contributed by atoms with Crippen LogP contribution >= 0.6 is 23.4 Å². The first kappa shape index (κ1) is 13.4. The molecule has 0 aliphatic carbocycles. The molecule has 1 aliphatic heterocycles. The van der Waals surface area contributed by atoms with Crippen LogP contribution in [-0.4, -0.2) is 46.7 Å². The van der Waals surface area contributed by atoms with Gasteiger partial charge in [-0.15, -0.1) is 0 Å². The number of aromatic nitrogens is 3. The van der Waals surface area contributed by atoms with Crippen molar-refractivity contribution in [2.45, 2.75) is 18.0 Å². The van der Waals surface area contributed by atoms with Gasteiger partial charge in [-0.2, -0.15) is 15.0 Å². The third kappa shape index (κ3) is 3.46. The molecule has 1 fully saturated rings. The van der Waals surface area contributed by atoms with E-state index in [4.69, 9.17) is 11.6 Å². The summed E-state index contributed by atoms with van der Waals surface area (Å²) < 4.78 is 0. The second-order valence-electron chi connectivity index (χ2n) is 3.84. The molecule has 1 N–H and O–H groups in total. The van der Waals surface area contributed by atoms with Gasteiger partial charge in [-0.3, -0.25) is 4.79 Å². The van der Waals surface area contributed by atoms with Crippen LogP contribution in [0.15, 0.2) is 5.16 Å². The minimum atomic E-state index is -0.0701. The van der Waals surface area contributed by atoms with Crippen LogP contribution in [0, 0.1) is 0 Å². The lowest BCUT2D eigenvalue weighted by molar-refractivity contribution is -0.118. The normalized spacial score (nSPS) is 14.9. The SMILES string of the molecule is CNC(=O)CSc1nc(Cl)nc(N2CCCC2)n1. The molecule has 0 unspecified atom stereocenters. The van der Waals surface area contributed by atoms with Gasteiger partial charge in [0.25, 0.3) is 0 Å². The lowest BCUT2D eigenvalue weighted by Crippen LogP contribution is -2.22. The molecule has 98 valence electrons. The minimum absolute atomic E-state index is 0.0701. The predicted octanol–water partition coefficient (Wildman–Crippen LogP) is 0.963. The topological polar surface area (TPSA) is 71.0 Å². The van der Waals surface area contributed by atoms with Crippen molar-refractivity contribution in [3.8, 4) is 0 Å². The van der Waals surface area contributed by atoms with Crippen LogP contribution in [0.2, 0.25) is 5.28 Å². The first-order valence-electron chi connectivity index (χ1n) is 5.69. The van der Waals surface area contributed by atoms with Gasteiger partial charge in [-0.25, -0.2) is 0 Å². The number of rotatable bonds is 4. The summed E-state index contributed by atoms with van der Waals surface area (Å²) in [6.07, 6.45) is 2.29. The lowest BCUT2D eigenvalue weighted by Gasteiger charge is -2.15. The van der Waals surface area contributed by atoms with Gasteiger partial charge in [0, 0.05) is 20.1 Å². The predicted molar refractivity (Wildman–Crippen MR) is 71.1 cm³/mol. The van der Waals surface area contributed by atoms with Crippen LogP contribution in [0.4, 0.5) is 5.95 Å². The van der Waals surface area contributed by atoms with Crippen molar-refractivity contribution in [2.75, 3.05) is 30.8 Å². The summed E-state index contributed by atoms with van der Waals surface area (Å²) in [4.78, 5) is 25.7. The van der Waals surface area contributed by atoms with Gasteiger partial charge in [0.05, 0.1) is 5.75 Å². The van der Waals surface area contributed by atoms with Gasteiger partial charge < -0.3 is 10.2 Å². The van der Waals surface area contributed by atoms with Crippen molar-refractivity contribution in [1.29, 1.82) is 0 Å². The second kappa shape index (κ2) is 6.19. The minimum Gasteiger partial charge on any atom is -0.358 e. The molecule has 1 aromatic rings. The highest BCUT2D eigenvalue weighted by Gasteiger charge is 2.17. The first-order valence-corrected chi connectivity index (χ1v) is 7.05. The van der Waals surface area contributed by atoms with E-state index in [0.29, 0.717) is 11.1 Å². The number of hydrogen-bond donors (Lipinski definition) is 1. The van der Waals surface area contributed by atoms with Crippen LogP contribution < -0.4 is 10.2 Å². The van der Waals surface area contributed by atoms with E-state index in [1.165, 1.54) is 11.8 Å². The molecule has 1 saturated heterocycles. The van der Waals surface area contributed by atoms with E-state index in [1.807, 2.05) is 0 Å². The zero-order valence-corrected chi connectivity index (χ0v) is 11.6. The number of nitrogens with zero attached hydrogens (tertiary/aromatic N) is 4. The number of halogens is 1. The number of carbonyl (C=O) groups excluding carboxylic acids is 1. The maximum Gasteiger partial charge on any atom is 0.230 e. The Labute approximate surface area is 115 Å². The number of nitrogens with one attached hydrogen (secondary N) is 1. The van der Waals surface area contributed by atoms with Crippen molar-refractivity contribution >= 4 is 35.2 Å². The molecule has 0 saturated carbocycles. The Kier molecular flexibility index (Phi) is 4.60. The monoisotopic (exact) mass is 287 g/mol. The molecule has 1 amide bonds. The average Bonchev–Trinajstić information content (AvgIpc) is 2.89. The molecule has 0 spiro atoms. The average molecular weight is 288 g/mol. The molecule has 18 heavy (non-hydrogen) atoms. The number of thioether (sulfide) groups is 1. The van der Waals surface area contributed by atoms with E-state index >= 15 is 0 Å². The number of anilines is 1. The van der Waals surface area contributed by atoms with E-state index in [9.17, 15) is 4.79 Å². The summed E-state index contributed by atoms with van der Waals surface area (Å²) in [5.74, 6) is 0.808. The Hall–Kier alpha value is -1.08. The van der Waals surface area contributed by atoms with Gasteiger partial charge >= 0.3 is 0 Å². The Morgan fingerprint density at radius 1 is 1.39 bits per heavy atom. The van der Waals surface area contributed by atoms with Gasteiger partial charge in [0.1, 0.15) is 0 Å². The summed E-state index contributed by atoms with van der Waals surface area (Å²) in [6.45, 7) is 1.89. The molecular weight excluding hydrogens is 274 g/mol. The Bertz CT molecular complexity index is 438. The van der Waals surface area contributed by atoms with E-state index in [2.05, 4.69) is 25.2 Å². The molecular formula is C10H14ClN5OS. The highest BCUT2D eigenvalue weighted by atomic mass is 35.5. The van der Waals surface area contributed by atoms with E-state index in [1.54, 1.807) is 7.05 Å². The molecule has 1 aromatic heterocycles. The van der Waals surface area contributed by atoms with Crippen molar-refractivity contribution in [3.05, 3.63) is 5.28 Å². The fourth-order valence-electron chi connectivity index (χ4n) is 1.65. The zero-order chi connectivity index (χ0) is 13.0. The Morgan fingerprint density at radius 3 is 2.78 bits per heavy atom. The quantitative estimate of drug-likeness (QED) is 0.832. The largest absolute Gasteiger partial charge is 0.358 e. The standard InChI is InChI=1S/C10H14ClN5OS/c1-12-7(17)6-18-10-14-8(11)13-9(15-10)16-4-2-3-5-16/h2-6H2,1H3,(H,12,17). The number of carbonyl (C=O) groups is 1. The highest BCUT2D eigenvalue weighted by molar-refractivity contribution is 7.99. The summed E-state index contributed by atoms with van der Waals surface area (Å²) in [7, 11) is 1.60. The van der Waals surface area contributed by atoms with Crippen LogP contribution in [0.3, 0.4) is 0 Å². The molecule has 8 heteroatoms. The van der Waals surface area contributed by atoms with Crippen molar-refractivity contribution in [1.82, 2.24) is 20.3 Å². The summed E-state index contributed by atoms with van der Waals surface area (Å²) in [6, 6.07) is 0. The van der Waals surface area contributed by atoms with Crippen molar-refractivity contribution in [3.63, 3.8) is 0 Å². The fraction of sp³-hybridized carbons (Fsp3) is 0.600. The van der Waals surface area contributed by atoms with E-state index in [0.717, 1.165) is 25.9 Å². The van der Waals surface area contributed by atoms with Gasteiger partial charge in [-0.1, -0.05) is 11.8 Å². The summed E-state index contributed by atoms with van der Waals surface area (Å²) in [5.41, 5.74) is 0. The maximum atomic E-state index is 11.2. The fourth-order valence-corrected chi connectivity index (χ4v) is 2.55. The third-order valence-corrected chi connectivity index (χ3v) is 3.59. The second-order valence-corrected chi connectivity index (χ2v) is 5.12. The lowest BCUT2D eigenvalue weighted by atomic mass is 10.4. The van der Waals surface area contributed by atoms with Gasteiger partial charge in [-0.05, 0) is 24.4 Å². The smallest absolute Gasteiger partial charge is 0.230 e. The molecule has 0 bridgehead atoms. The highest BCUT2D eigenvalue weighted by Crippen LogP contribution is 2.21. The molecule has 0 aromatic carbocycles. The van der Waals surface area contributed by atoms with Crippen LogP contribution in [0.5, 0.6) is 0 Å². The zero-order valence-electron chi connectivity index (χ0n) is 10.0. The molecule has 0 atom stereocenters. The Balaban J connectivity index is 2.08. The van der Waals surface area contributed by atoms with Crippen LogP contribution in [-0.2, 0) is 4.79 Å². The molecule has 2 heterocycles. The van der Waals surface area contributed by atoms with Crippen molar-refractivity contribution < 1.29 is 4.79 Å². The van der Waals surface area contributed by atoms with Gasteiger partial charge in [0.2, 0.25) is 17.1 Å². The molecule has 6 nitrogen and oxygen atoms in total. The summed E-state index contributed by atoms with van der Waals surface area (Å²) >= 11 is 7.13. The number of amides is 1. The first-order chi connectivity index (χ1) is 8.69. The number of hydrogen-bond acceptors (Lipinski definition) is 6. The van der Waals surface area contributed by atoms with Crippen molar-refractivity contribution in [2.24, 2.45) is 0 Å². The maximum absolute atomic E-state index is 11.2. The summed E-state index contributed by atoms with van der Waals surface area (Å²) in [5, 5.41) is 3.20. The van der Waals surface area contributed by atoms with E-state index in [-0.39, 0.29) is 16.9 Å². The van der Waals surface area contributed by atoms with Gasteiger partial charge in [0.15, 0.2) is 5.16 Å². The van der Waals surface area contributed by atoms with Crippen LogP contribution in [0.25, 0.3) is 0 Å². The molecule has 1 aliphatic rings.